The second-order valence-electron chi connectivity index (χ2n) is 10.3. The average molecular weight is 451 g/mol. The Bertz CT molecular complexity index is 906. The Morgan fingerprint density at radius 2 is 1.76 bits per heavy atom. The van der Waals surface area contributed by atoms with Gasteiger partial charge in [0.05, 0.1) is 5.69 Å². The van der Waals surface area contributed by atoms with E-state index >= 15 is 0 Å². The van der Waals surface area contributed by atoms with Gasteiger partial charge in [0.25, 0.3) is 0 Å². The summed E-state index contributed by atoms with van der Waals surface area (Å²) in [5.74, 6) is 0.967. The third-order valence-corrected chi connectivity index (χ3v) is 7.85. The lowest BCUT2D eigenvalue weighted by Gasteiger charge is -2.37. The van der Waals surface area contributed by atoms with Crippen molar-refractivity contribution in [1.29, 1.82) is 0 Å². The van der Waals surface area contributed by atoms with Crippen molar-refractivity contribution in [3.8, 4) is 0 Å². The summed E-state index contributed by atoms with van der Waals surface area (Å²) in [5.41, 5.74) is 5.05. The van der Waals surface area contributed by atoms with Gasteiger partial charge in [0.2, 0.25) is 5.91 Å². The average Bonchev–Trinajstić information content (AvgIpc) is 3.45. The number of amides is 1. The Morgan fingerprint density at radius 1 is 1.03 bits per heavy atom. The molecule has 1 aliphatic heterocycles. The summed E-state index contributed by atoms with van der Waals surface area (Å²) in [6, 6.07) is 11.3. The zero-order valence-electron chi connectivity index (χ0n) is 20.9. The molecule has 0 unspecified atom stereocenters. The van der Waals surface area contributed by atoms with Gasteiger partial charge in [-0.05, 0) is 89.1 Å². The summed E-state index contributed by atoms with van der Waals surface area (Å²) in [5, 5.41) is 4.55. The number of likely N-dealkylation sites (tertiary alicyclic amines) is 1. The fourth-order valence-electron chi connectivity index (χ4n) is 5.76. The van der Waals surface area contributed by atoms with E-state index in [-0.39, 0.29) is 0 Å². The Labute approximate surface area is 200 Å². The number of rotatable bonds is 9. The number of hydrogen-bond acceptors (Lipinski definition) is 3. The minimum absolute atomic E-state index is 0.330. The molecule has 1 aliphatic carbocycles. The van der Waals surface area contributed by atoms with Crippen LogP contribution in [0.1, 0.15) is 67.5 Å². The second-order valence-corrected chi connectivity index (χ2v) is 10.3. The number of carbonyl (C=O) groups is 1. The van der Waals surface area contributed by atoms with Crippen LogP contribution in [0.4, 0.5) is 0 Å². The van der Waals surface area contributed by atoms with Crippen molar-refractivity contribution >= 4 is 5.91 Å². The molecule has 1 aromatic heterocycles. The first kappa shape index (κ1) is 24.0. The molecule has 0 bridgehead atoms. The minimum Gasteiger partial charge on any atom is -0.339 e. The molecule has 180 valence electrons. The van der Waals surface area contributed by atoms with E-state index in [0.29, 0.717) is 30.8 Å². The summed E-state index contributed by atoms with van der Waals surface area (Å²) in [6.07, 6.45) is 9.02. The molecule has 1 saturated heterocycles. The smallest absolute Gasteiger partial charge is 0.224 e. The van der Waals surface area contributed by atoms with Gasteiger partial charge in [0, 0.05) is 37.8 Å². The first-order valence-corrected chi connectivity index (χ1v) is 13.1. The van der Waals surface area contributed by atoms with Gasteiger partial charge < -0.3 is 9.80 Å². The van der Waals surface area contributed by atoms with Crippen LogP contribution in [-0.2, 0) is 17.8 Å². The predicted octanol–water partition coefficient (Wildman–Crippen LogP) is 4.92. The van der Waals surface area contributed by atoms with Crippen LogP contribution in [0.2, 0.25) is 0 Å². The predicted molar refractivity (Wildman–Crippen MR) is 134 cm³/mol. The standard InChI is InChI=1S/C28H42N4O/c1-22-8-4-5-9-26(22)14-18-30-16-12-25(13-17-30)21-31(27-10-6-7-11-27)28(33)15-19-32-24(3)20-23(2)29-32/h4-5,8-9,20,25,27H,6-7,10-19,21H2,1-3H3. The number of carbonyl (C=O) groups excluding carboxylic acids is 1. The van der Waals surface area contributed by atoms with Crippen molar-refractivity contribution in [3.05, 3.63) is 52.8 Å². The monoisotopic (exact) mass is 450 g/mol. The second kappa shape index (κ2) is 11.3. The lowest BCUT2D eigenvalue weighted by molar-refractivity contribution is -0.134. The molecule has 5 nitrogen and oxygen atoms in total. The largest absolute Gasteiger partial charge is 0.339 e. The van der Waals surface area contributed by atoms with Crippen LogP contribution in [0.25, 0.3) is 0 Å². The summed E-state index contributed by atoms with van der Waals surface area (Å²) in [6.45, 7) is 11.4. The lowest BCUT2D eigenvalue weighted by Crippen LogP contribution is -2.45. The van der Waals surface area contributed by atoms with Crippen LogP contribution in [0, 0.1) is 26.7 Å². The molecule has 0 N–H and O–H groups in total. The van der Waals surface area contributed by atoms with Crippen molar-refractivity contribution in [2.24, 2.45) is 5.92 Å². The fraction of sp³-hybridized carbons (Fsp3) is 0.643. The topological polar surface area (TPSA) is 41.4 Å². The normalized spacial score (nSPS) is 18.2. The molecule has 33 heavy (non-hydrogen) atoms. The first-order valence-electron chi connectivity index (χ1n) is 13.1. The van der Waals surface area contributed by atoms with E-state index in [4.69, 9.17) is 0 Å². The van der Waals surface area contributed by atoms with Crippen LogP contribution >= 0.6 is 0 Å². The Morgan fingerprint density at radius 3 is 2.42 bits per heavy atom. The van der Waals surface area contributed by atoms with Gasteiger partial charge >= 0.3 is 0 Å². The number of benzene rings is 1. The van der Waals surface area contributed by atoms with Gasteiger partial charge in [0.1, 0.15) is 0 Å². The maximum absolute atomic E-state index is 13.3. The molecule has 1 saturated carbocycles. The molecule has 2 heterocycles. The number of nitrogens with zero attached hydrogens (tertiary/aromatic N) is 4. The maximum atomic E-state index is 13.3. The van der Waals surface area contributed by atoms with E-state index < -0.39 is 0 Å². The van der Waals surface area contributed by atoms with Gasteiger partial charge in [0.15, 0.2) is 0 Å². The van der Waals surface area contributed by atoms with Crippen molar-refractivity contribution in [1.82, 2.24) is 19.6 Å². The van der Waals surface area contributed by atoms with Crippen molar-refractivity contribution in [2.75, 3.05) is 26.2 Å². The highest BCUT2D eigenvalue weighted by Crippen LogP contribution is 2.27. The molecule has 2 aromatic rings. The molecule has 2 fully saturated rings. The third-order valence-electron chi connectivity index (χ3n) is 7.85. The summed E-state index contributed by atoms with van der Waals surface area (Å²) in [7, 11) is 0. The number of aromatic nitrogens is 2. The van der Waals surface area contributed by atoms with Crippen LogP contribution < -0.4 is 0 Å². The van der Waals surface area contributed by atoms with Crippen molar-refractivity contribution in [3.63, 3.8) is 0 Å². The van der Waals surface area contributed by atoms with Crippen molar-refractivity contribution < 1.29 is 4.79 Å². The first-order chi connectivity index (χ1) is 16.0. The van der Waals surface area contributed by atoms with Gasteiger partial charge in [-0.1, -0.05) is 37.1 Å². The number of aryl methyl sites for hydroxylation is 4. The molecule has 0 atom stereocenters. The Kier molecular flexibility index (Phi) is 8.24. The maximum Gasteiger partial charge on any atom is 0.224 e. The summed E-state index contributed by atoms with van der Waals surface area (Å²) in [4.78, 5) is 18.2. The molecule has 4 rings (SSSR count). The van der Waals surface area contributed by atoms with Gasteiger partial charge in [-0.25, -0.2) is 0 Å². The molecule has 1 amide bonds. The van der Waals surface area contributed by atoms with Gasteiger partial charge in [-0.3, -0.25) is 9.48 Å². The fourth-order valence-corrected chi connectivity index (χ4v) is 5.76. The van der Waals surface area contributed by atoms with Crippen LogP contribution in [-0.4, -0.2) is 57.7 Å². The molecule has 2 aliphatic rings. The van der Waals surface area contributed by atoms with E-state index in [1.807, 2.05) is 11.6 Å². The number of piperidine rings is 1. The highest BCUT2D eigenvalue weighted by Gasteiger charge is 2.30. The van der Waals surface area contributed by atoms with Crippen LogP contribution in [0.15, 0.2) is 30.3 Å². The molecular formula is C28H42N4O. The lowest BCUT2D eigenvalue weighted by atomic mass is 9.94. The number of hydrogen-bond donors (Lipinski definition) is 0. The molecule has 1 aromatic carbocycles. The molecule has 5 heteroatoms. The minimum atomic E-state index is 0.330. The Balaban J connectivity index is 1.27. The van der Waals surface area contributed by atoms with Crippen LogP contribution in [0.5, 0.6) is 0 Å². The highest BCUT2D eigenvalue weighted by molar-refractivity contribution is 5.76. The summed E-state index contributed by atoms with van der Waals surface area (Å²) < 4.78 is 1.99. The zero-order chi connectivity index (χ0) is 23.2. The van der Waals surface area contributed by atoms with E-state index in [2.05, 4.69) is 59.1 Å². The third kappa shape index (κ3) is 6.47. The molecule has 0 radical (unpaired) electrons. The highest BCUT2D eigenvalue weighted by atomic mass is 16.2. The SMILES string of the molecule is Cc1cc(C)n(CCC(=O)N(CC2CCN(CCc3ccccc3C)CC2)C2CCCC2)n1. The van der Waals surface area contributed by atoms with Gasteiger partial charge in [-0.2, -0.15) is 5.10 Å². The van der Waals surface area contributed by atoms with Crippen molar-refractivity contribution in [2.45, 2.75) is 84.7 Å². The Hall–Kier alpha value is -2.14. The molecular weight excluding hydrogens is 408 g/mol. The quantitative estimate of drug-likeness (QED) is 0.544. The van der Waals surface area contributed by atoms with Gasteiger partial charge in [-0.15, -0.1) is 0 Å². The zero-order valence-corrected chi connectivity index (χ0v) is 20.9. The van der Waals surface area contributed by atoms with E-state index in [1.165, 1.54) is 49.7 Å². The van der Waals surface area contributed by atoms with E-state index in [0.717, 1.165) is 44.0 Å². The van der Waals surface area contributed by atoms with E-state index in [1.54, 1.807) is 0 Å². The van der Waals surface area contributed by atoms with Crippen LogP contribution in [0.3, 0.4) is 0 Å². The van der Waals surface area contributed by atoms with E-state index in [9.17, 15) is 4.79 Å². The molecule has 0 spiro atoms. The summed E-state index contributed by atoms with van der Waals surface area (Å²) >= 11 is 0.